The van der Waals surface area contributed by atoms with Crippen LogP contribution in [0.3, 0.4) is 0 Å². The SMILES string of the molecule is CCCN1CCN(c2ccc(N/C=C3\CN=Cc4ccc(I)cc43)cc2)CC1. The largest absolute Gasteiger partial charge is 0.369 e. The Morgan fingerprint density at radius 1 is 1.07 bits per heavy atom. The molecule has 1 fully saturated rings. The number of anilines is 2. The summed E-state index contributed by atoms with van der Waals surface area (Å²) in [5, 5.41) is 3.46. The summed E-state index contributed by atoms with van der Waals surface area (Å²) in [5.74, 6) is 0. The lowest BCUT2D eigenvalue weighted by atomic mass is 9.99. The average molecular weight is 486 g/mol. The van der Waals surface area contributed by atoms with Crippen molar-refractivity contribution in [3.8, 4) is 0 Å². The fourth-order valence-electron chi connectivity index (χ4n) is 3.85. The van der Waals surface area contributed by atoms with Crippen LogP contribution in [0.25, 0.3) is 5.57 Å². The number of rotatable bonds is 5. The highest BCUT2D eigenvalue weighted by Crippen LogP contribution is 2.25. The molecule has 2 heterocycles. The molecule has 4 nitrogen and oxygen atoms in total. The Balaban J connectivity index is 1.40. The maximum absolute atomic E-state index is 4.49. The van der Waals surface area contributed by atoms with Crippen molar-refractivity contribution >= 4 is 45.8 Å². The zero-order valence-electron chi connectivity index (χ0n) is 16.4. The molecule has 2 aromatic carbocycles. The van der Waals surface area contributed by atoms with Crippen LogP contribution in [0.4, 0.5) is 11.4 Å². The van der Waals surface area contributed by atoms with Crippen molar-refractivity contribution in [1.29, 1.82) is 0 Å². The molecular formula is C23H27IN4. The van der Waals surface area contributed by atoms with E-state index < -0.39 is 0 Å². The van der Waals surface area contributed by atoms with E-state index in [-0.39, 0.29) is 0 Å². The fourth-order valence-corrected chi connectivity index (χ4v) is 4.35. The van der Waals surface area contributed by atoms with Gasteiger partial charge in [0.15, 0.2) is 0 Å². The Morgan fingerprint density at radius 3 is 2.61 bits per heavy atom. The fraction of sp³-hybridized carbons (Fsp3) is 0.348. The van der Waals surface area contributed by atoms with E-state index in [9.17, 15) is 0 Å². The number of hydrogen-bond acceptors (Lipinski definition) is 4. The molecule has 2 aromatic rings. The van der Waals surface area contributed by atoms with Gasteiger partial charge in [0.1, 0.15) is 0 Å². The number of hydrogen-bond donors (Lipinski definition) is 1. The standard InChI is InChI=1S/C23H27IN4/c1-2-9-27-10-12-28(13-11-27)22-7-5-21(6-8-22)26-17-19-16-25-15-18-3-4-20(24)14-23(18)19/h3-8,14-15,17,26H,2,9-13,16H2,1H3/b19-17+. The Labute approximate surface area is 181 Å². The number of halogens is 1. The van der Waals surface area contributed by atoms with Gasteiger partial charge in [-0.15, -0.1) is 0 Å². The van der Waals surface area contributed by atoms with E-state index in [1.165, 1.54) is 52.0 Å². The van der Waals surface area contributed by atoms with E-state index in [1.807, 2.05) is 6.21 Å². The van der Waals surface area contributed by atoms with Gasteiger partial charge in [0.25, 0.3) is 0 Å². The van der Waals surface area contributed by atoms with E-state index >= 15 is 0 Å². The normalized spacial score (nSPS) is 18.4. The van der Waals surface area contributed by atoms with Gasteiger partial charge in [-0.2, -0.15) is 0 Å². The Hall–Kier alpha value is -1.86. The molecular weight excluding hydrogens is 459 g/mol. The Morgan fingerprint density at radius 2 is 1.86 bits per heavy atom. The predicted molar refractivity (Wildman–Crippen MR) is 129 cm³/mol. The molecule has 1 saturated heterocycles. The second-order valence-corrected chi connectivity index (χ2v) is 8.64. The van der Waals surface area contributed by atoms with Crippen LogP contribution in [0.1, 0.15) is 24.5 Å². The van der Waals surface area contributed by atoms with Gasteiger partial charge in [-0.25, -0.2) is 0 Å². The lowest BCUT2D eigenvalue weighted by Gasteiger charge is -2.36. The van der Waals surface area contributed by atoms with E-state index in [0.29, 0.717) is 0 Å². The van der Waals surface area contributed by atoms with E-state index in [4.69, 9.17) is 0 Å². The third kappa shape index (κ3) is 4.58. The third-order valence-electron chi connectivity index (χ3n) is 5.41. The lowest BCUT2D eigenvalue weighted by Crippen LogP contribution is -2.46. The average Bonchev–Trinajstić information content (AvgIpc) is 2.73. The first-order valence-electron chi connectivity index (χ1n) is 10.1. The van der Waals surface area contributed by atoms with Crippen molar-refractivity contribution in [2.45, 2.75) is 13.3 Å². The molecule has 0 aliphatic carbocycles. The highest BCUT2D eigenvalue weighted by molar-refractivity contribution is 14.1. The summed E-state index contributed by atoms with van der Waals surface area (Å²) in [6, 6.07) is 15.3. The number of nitrogens with zero attached hydrogens (tertiary/aromatic N) is 3. The van der Waals surface area contributed by atoms with Crippen LogP contribution in [0.2, 0.25) is 0 Å². The maximum atomic E-state index is 4.49. The highest BCUT2D eigenvalue weighted by Gasteiger charge is 2.16. The number of benzene rings is 2. The van der Waals surface area contributed by atoms with Crippen molar-refractivity contribution in [1.82, 2.24) is 4.90 Å². The van der Waals surface area contributed by atoms with Crippen LogP contribution in [-0.4, -0.2) is 50.4 Å². The van der Waals surface area contributed by atoms with Crippen molar-refractivity contribution in [3.63, 3.8) is 0 Å². The second kappa shape index (κ2) is 9.09. The number of piperazine rings is 1. The van der Waals surface area contributed by atoms with Gasteiger partial charge >= 0.3 is 0 Å². The van der Waals surface area contributed by atoms with Gasteiger partial charge in [-0.3, -0.25) is 9.89 Å². The van der Waals surface area contributed by atoms with Gasteiger partial charge in [0.05, 0.1) is 6.54 Å². The molecule has 0 bridgehead atoms. The molecule has 0 unspecified atom stereocenters. The number of aliphatic imine (C=N–C) groups is 1. The molecule has 5 heteroatoms. The first-order chi connectivity index (χ1) is 13.7. The van der Waals surface area contributed by atoms with Crippen LogP contribution < -0.4 is 10.2 Å². The van der Waals surface area contributed by atoms with Gasteiger partial charge in [-0.1, -0.05) is 13.0 Å². The highest BCUT2D eigenvalue weighted by atomic mass is 127. The molecule has 2 aliphatic heterocycles. The van der Waals surface area contributed by atoms with Crippen molar-refractivity contribution < 1.29 is 0 Å². The monoisotopic (exact) mass is 486 g/mol. The summed E-state index contributed by atoms with van der Waals surface area (Å²) in [5.41, 5.74) is 6.12. The predicted octanol–water partition coefficient (Wildman–Crippen LogP) is 4.71. The summed E-state index contributed by atoms with van der Waals surface area (Å²) in [7, 11) is 0. The van der Waals surface area contributed by atoms with Crippen molar-refractivity contribution in [2.24, 2.45) is 4.99 Å². The zero-order chi connectivity index (χ0) is 19.3. The summed E-state index contributed by atoms with van der Waals surface area (Å²) >= 11 is 2.37. The number of fused-ring (bicyclic) bond motifs is 1. The van der Waals surface area contributed by atoms with Crippen LogP contribution in [0.5, 0.6) is 0 Å². The van der Waals surface area contributed by atoms with Crippen molar-refractivity contribution in [2.75, 3.05) is 49.5 Å². The molecule has 28 heavy (non-hydrogen) atoms. The summed E-state index contributed by atoms with van der Waals surface area (Å²) in [4.78, 5) is 9.54. The summed E-state index contributed by atoms with van der Waals surface area (Å²) < 4.78 is 1.25. The molecule has 146 valence electrons. The maximum Gasteiger partial charge on any atom is 0.0660 e. The smallest absolute Gasteiger partial charge is 0.0660 e. The summed E-state index contributed by atoms with van der Waals surface area (Å²) in [6.45, 7) is 8.76. The molecule has 2 aliphatic rings. The minimum absolute atomic E-state index is 0.722. The Bertz CT molecular complexity index is 865. The summed E-state index contributed by atoms with van der Waals surface area (Å²) in [6.07, 6.45) is 5.31. The number of nitrogens with one attached hydrogen (secondary N) is 1. The first kappa shape index (κ1) is 19.5. The van der Waals surface area contributed by atoms with E-state index in [0.717, 1.165) is 25.3 Å². The van der Waals surface area contributed by atoms with E-state index in [2.05, 4.69) is 98.3 Å². The molecule has 0 aromatic heterocycles. The third-order valence-corrected chi connectivity index (χ3v) is 6.08. The molecule has 0 saturated carbocycles. The van der Waals surface area contributed by atoms with Crippen LogP contribution >= 0.6 is 22.6 Å². The minimum Gasteiger partial charge on any atom is -0.369 e. The second-order valence-electron chi connectivity index (χ2n) is 7.39. The molecule has 0 spiro atoms. The van der Waals surface area contributed by atoms with Gasteiger partial charge in [0, 0.05) is 53.5 Å². The van der Waals surface area contributed by atoms with Gasteiger partial charge < -0.3 is 10.2 Å². The van der Waals surface area contributed by atoms with Gasteiger partial charge in [0.2, 0.25) is 0 Å². The van der Waals surface area contributed by atoms with Crippen LogP contribution in [0.15, 0.2) is 53.7 Å². The molecule has 0 amide bonds. The zero-order valence-corrected chi connectivity index (χ0v) is 18.5. The molecule has 0 radical (unpaired) electrons. The van der Waals surface area contributed by atoms with Crippen LogP contribution in [0, 0.1) is 3.57 Å². The van der Waals surface area contributed by atoms with Gasteiger partial charge in [-0.05, 0) is 88.7 Å². The minimum atomic E-state index is 0.722. The molecule has 1 N–H and O–H groups in total. The molecule has 4 rings (SSSR count). The topological polar surface area (TPSA) is 30.9 Å². The Kier molecular flexibility index (Phi) is 6.32. The quantitative estimate of drug-likeness (QED) is 0.622. The lowest BCUT2D eigenvalue weighted by molar-refractivity contribution is 0.258. The van der Waals surface area contributed by atoms with E-state index in [1.54, 1.807) is 0 Å². The van der Waals surface area contributed by atoms with Crippen molar-refractivity contribution in [3.05, 3.63) is 63.4 Å². The molecule has 0 atom stereocenters. The first-order valence-corrected chi connectivity index (χ1v) is 11.1. The van der Waals surface area contributed by atoms with Crippen LogP contribution in [-0.2, 0) is 0 Å².